The van der Waals surface area contributed by atoms with Crippen molar-refractivity contribution in [1.29, 1.82) is 0 Å². The molecule has 4 nitrogen and oxygen atoms in total. The molecule has 1 heterocycles. The second-order valence-corrected chi connectivity index (χ2v) is 3.53. The van der Waals surface area contributed by atoms with Crippen LogP contribution in [0.15, 0.2) is 0 Å². The second kappa shape index (κ2) is 4.85. The van der Waals surface area contributed by atoms with Crippen LogP contribution in [0.5, 0.6) is 0 Å². The first-order chi connectivity index (χ1) is 6.17. The summed E-state index contributed by atoms with van der Waals surface area (Å²) in [4.78, 5) is 5.67. The minimum atomic E-state index is -0.734. The van der Waals surface area contributed by atoms with Gasteiger partial charge >= 0.3 is 0 Å². The number of nitrogens with zero attached hydrogens (tertiary/aromatic N) is 1. The second-order valence-electron chi connectivity index (χ2n) is 3.53. The van der Waals surface area contributed by atoms with E-state index in [9.17, 15) is 4.53 Å². The van der Waals surface area contributed by atoms with Gasteiger partial charge in [0.2, 0.25) is 0 Å². The molecule has 0 aliphatic carbocycles. The Morgan fingerprint density at radius 3 is 2.85 bits per heavy atom. The summed E-state index contributed by atoms with van der Waals surface area (Å²) in [5, 5.41) is 0. The van der Waals surface area contributed by atoms with Crippen LogP contribution >= 0.6 is 0 Å². The Morgan fingerprint density at radius 2 is 2.31 bits per heavy atom. The van der Waals surface area contributed by atoms with Crippen LogP contribution in [0.3, 0.4) is 0 Å². The van der Waals surface area contributed by atoms with Gasteiger partial charge in [-0.15, -0.1) is 0 Å². The molecule has 13 heavy (non-hydrogen) atoms. The van der Waals surface area contributed by atoms with Crippen molar-refractivity contribution in [2.45, 2.75) is 38.2 Å². The minimum Gasteiger partial charge on any atom is -0.346 e. The number of hydrogen-bond acceptors (Lipinski definition) is 4. The topological polar surface area (TPSA) is 47.7 Å². The third-order valence-electron chi connectivity index (χ3n) is 2.46. The Bertz CT molecular complexity index is 159. The molecule has 1 aliphatic heterocycles. The molecule has 0 aromatic rings. The van der Waals surface area contributed by atoms with Crippen molar-refractivity contribution < 1.29 is 14.2 Å². The van der Waals surface area contributed by atoms with E-state index < -0.39 is 6.29 Å². The van der Waals surface area contributed by atoms with Gasteiger partial charge in [0.05, 0.1) is 6.10 Å². The summed E-state index contributed by atoms with van der Waals surface area (Å²) < 4.78 is 17.1. The van der Waals surface area contributed by atoms with Crippen LogP contribution in [-0.4, -0.2) is 37.1 Å². The van der Waals surface area contributed by atoms with Crippen LogP contribution in [0, 0.1) is 0 Å². The zero-order chi connectivity index (χ0) is 9.84. The fourth-order valence-corrected chi connectivity index (χ4v) is 1.64. The van der Waals surface area contributed by atoms with Crippen LogP contribution in [0.4, 0.5) is 4.53 Å². The smallest absolute Gasteiger partial charge is 0.198 e. The molecule has 3 unspecified atom stereocenters. The SMILES string of the molecule is CC1CC(N(C)CN)CC(OF)O1. The molecule has 5 heteroatoms. The van der Waals surface area contributed by atoms with Crippen LogP contribution in [-0.2, 0) is 9.68 Å². The molecule has 3 atom stereocenters. The Labute approximate surface area is 77.7 Å². The first kappa shape index (κ1) is 10.8. The van der Waals surface area contributed by atoms with Crippen molar-refractivity contribution in [3.8, 4) is 0 Å². The molecule has 0 aromatic heterocycles. The van der Waals surface area contributed by atoms with Crippen molar-refractivity contribution in [2.24, 2.45) is 5.73 Å². The zero-order valence-corrected chi connectivity index (χ0v) is 8.07. The predicted molar refractivity (Wildman–Crippen MR) is 46.4 cm³/mol. The van der Waals surface area contributed by atoms with E-state index in [-0.39, 0.29) is 12.1 Å². The van der Waals surface area contributed by atoms with E-state index >= 15 is 0 Å². The van der Waals surface area contributed by atoms with Crippen molar-refractivity contribution in [3.63, 3.8) is 0 Å². The van der Waals surface area contributed by atoms with Gasteiger partial charge in [-0.25, -0.2) is 0 Å². The summed E-state index contributed by atoms with van der Waals surface area (Å²) in [6.07, 6.45) is 0.693. The predicted octanol–water partition coefficient (Wildman–Crippen LogP) is 0.629. The minimum absolute atomic E-state index is 0.0218. The lowest BCUT2D eigenvalue weighted by molar-refractivity contribution is -0.304. The lowest BCUT2D eigenvalue weighted by Crippen LogP contribution is -2.45. The fraction of sp³-hybridized carbons (Fsp3) is 1.00. The van der Waals surface area contributed by atoms with Gasteiger partial charge < -0.3 is 10.5 Å². The Balaban J connectivity index is 2.46. The van der Waals surface area contributed by atoms with E-state index in [1.807, 2.05) is 18.9 Å². The zero-order valence-electron chi connectivity index (χ0n) is 8.07. The molecule has 0 spiro atoms. The number of rotatable bonds is 3. The molecule has 0 amide bonds. The van der Waals surface area contributed by atoms with Crippen LogP contribution in [0.2, 0.25) is 0 Å². The standard InChI is InChI=1S/C8H17FN2O2/c1-6-3-7(11(2)5-10)4-8(12-6)13-9/h6-8H,3-5,10H2,1-2H3. The van der Waals surface area contributed by atoms with Gasteiger partial charge in [0.25, 0.3) is 0 Å². The summed E-state index contributed by atoms with van der Waals surface area (Å²) in [7, 11) is 1.91. The van der Waals surface area contributed by atoms with Gasteiger partial charge in [-0.2, -0.15) is 4.94 Å². The molecule has 1 aliphatic rings. The Kier molecular flexibility index (Phi) is 4.05. The summed E-state index contributed by atoms with van der Waals surface area (Å²) in [6, 6.07) is 0.245. The van der Waals surface area contributed by atoms with Crippen molar-refractivity contribution in [2.75, 3.05) is 13.7 Å². The van der Waals surface area contributed by atoms with Gasteiger partial charge in [-0.1, -0.05) is 0 Å². The highest BCUT2D eigenvalue weighted by Gasteiger charge is 2.30. The molecular formula is C8H17FN2O2. The van der Waals surface area contributed by atoms with Gasteiger partial charge in [0, 0.05) is 19.1 Å². The van der Waals surface area contributed by atoms with Gasteiger partial charge in [0.1, 0.15) is 0 Å². The van der Waals surface area contributed by atoms with E-state index in [0.29, 0.717) is 13.1 Å². The van der Waals surface area contributed by atoms with Crippen molar-refractivity contribution in [1.82, 2.24) is 4.90 Å². The summed E-state index contributed by atoms with van der Waals surface area (Å²) >= 11 is 0. The Hall–Kier alpha value is -0.230. The van der Waals surface area contributed by atoms with Crippen LogP contribution < -0.4 is 5.73 Å². The molecule has 1 fully saturated rings. The van der Waals surface area contributed by atoms with Gasteiger partial charge in [0.15, 0.2) is 6.29 Å². The molecule has 78 valence electrons. The van der Waals surface area contributed by atoms with E-state index in [0.717, 1.165) is 6.42 Å². The van der Waals surface area contributed by atoms with E-state index in [4.69, 9.17) is 10.5 Å². The number of ether oxygens (including phenoxy) is 1. The van der Waals surface area contributed by atoms with Crippen molar-refractivity contribution in [3.05, 3.63) is 0 Å². The average molecular weight is 192 g/mol. The molecule has 2 N–H and O–H groups in total. The molecule has 1 rings (SSSR count). The maximum absolute atomic E-state index is 11.9. The molecule has 0 radical (unpaired) electrons. The summed E-state index contributed by atoms with van der Waals surface area (Å²) in [5.41, 5.74) is 5.49. The maximum atomic E-state index is 11.9. The highest BCUT2D eigenvalue weighted by Crippen LogP contribution is 2.23. The highest BCUT2D eigenvalue weighted by molar-refractivity contribution is 4.77. The molecule has 0 bridgehead atoms. The molecule has 1 saturated heterocycles. The highest BCUT2D eigenvalue weighted by atomic mass is 19.3. The number of nitrogens with two attached hydrogens (primary N) is 1. The maximum Gasteiger partial charge on any atom is 0.198 e. The monoisotopic (exact) mass is 192 g/mol. The summed E-state index contributed by atoms with van der Waals surface area (Å²) in [6.45, 7) is 2.37. The van der Waals surface area contributed by atoms with Crippen molar-refractivity contribution >= 4 is 0 Å². The quantitative estimate of drug-likeness (QED) is 0.666. The van der Waals surface area contributed by atoms with Crippen LogP contribution in [0.1, 0.15) is 19.8 Å². The first-order valence-corrected chi connectivity index (χ1v) is 4.50. The molecule has 0 saturated carbocycles. The van der Waals surface area contributed by atoms with E-state index in [1.54, 1.807) is 0 Å². The number of halogens is 1. The third kappa shape index (κ3) is 2.87. The first-order valence-electron chi connectivity index (χ1n) is 4.50. The lowest BCUT2D eigenvalue weighted by Gasteiger charge is -2.36. The lowest BCUT2D eigenvalue weighted by atomic mass is 10.0. The van der Waals surface area contributed by atoms with Gasteiger partial charge in [-0.05, 0) is 24.9 Å². The van der Waals surface area contributed by atoms with Gasteiger partial charge in [-0.3, -0.25) is 4.90 Å². The average Bonchev–Trinajstić information content (AvgIpc) is 2.15. The molecule has 0 aromatic carbocycles. The van der Waals surface area contributed by atoms with E-state index in [1.165, 1.54) is 0 Å². The third-order valence-corrected chi connectivity index (χ3v) is 2.46. The fourth-order valence-electron chi connectivity index (χ4n) is 1.64. The van der Waals surface area contributed by atoms with Crippen LogP contribution in [0.25, 0.3) is 0 Å². The largest absolute Gasteiger partial charge is 0.346 e. The molecular weight excluding hydrogens is 175 g/mol. The number of hydrogen-bond donors (Lipinski definition) is 1. The normalized spacial score (nSPS) is 35.3. The van der Waals surface area contributed by atoms with E-state index in [2.05, 4.69) is 4.94 Å². The Morgan fingerprint density at radius 1 is 1.62 bits per heavy atom. The summed E-state index contributed by atoms with van der Waals surface area (Å²) in [5.74, 6) is 0.